The molecule has 0 radical (unpaired) electrons. The molecule has 2 aromatic rings. The van der Waals surface area contributed by atoms with Crippen molar-refractivity contribution in [3.63, 3.8) is 0 Å². The molecule has 0 saturated carbocycles. The van der Waals surface area contributed by atoms with Gasteiger partial charge in [-0.05, 0) is 43.5 Å². The maximum Gasteiger partial charge on any atom is 0.232 e. The van der Waals surface area contributed by atoms with Crippen molar-refractivity contribution in [2.24, 2.45) is 0 Å². The second-order valence-corrected chi connectivity index (χ2v) is 7.02. The highest BCUT2D eigenvalue weighted by Crippen LogP contribution is 2.43. The van der Waals surface area contributed by atoms with Crippen LogP contribution in [0, 0.1) is 12.7 Å². The Hall–Kier alpha value is -2.75. The van der Waals surface area contributed by atoms with E-state index < -0.39 is 0 Å². The van der Waals surface area contributed by atoms with Crippen molar-refractivity contribution in [2.75, 3.05) is 4.90 Å². The molecule has 2 aliphatic rings. The summed E-state index contributed by atoms with van der Waals surface area (Å²) in [7, 11) is 0. The first-order chi connectivity index (χ1) is 12.5. The zero-order chi connectivity index (χ0) is 18.3. The number of hydrogen-bond acceptors (Lipinski definition) is 2. The molecule has 1 unspecified atom stereocenters. The topological polar surface area (TPSA) is 37.4 Å². The molecule has 3 nitrogen and oxygen atoms in total. The van der Waals surface area contributed by atoms with Gasteiger partial charge in [0.05, 0.1) is 5.69 Å². The molecular weight excluding hydrogens is 329 g/mol. The SMILES string of the molecule is Cc1cccc(C2CC(=O)N(c3cccc(F)c3)C3=C2C(=O)CCC3)c1. The summed E-state index contributed by atoms with van der Waals surface area (Å²) >= 11 is 0. The maximum atomic E-state index is 13.7. The molecular formula is C22H20FNO2. The van der Waals surface area contributed by atoms with E-state index in [4.69, 9.17) is 0 Å². The fourth-order valence-corrected chi connectivity index (χ4v) is 4.08. The van der Waals surface area contributed by atoms with Crippen LogP contribution in [-0.2, 0) is 9.59 Å². The Morgan fingerprint density at radius 2 is 1.85 bits per heavy atom. The number of aryl methyl sites for hydroxylation is 1. The number of halogens is 1. The lowest BCUT2D eigenvalue weighted by Gasteiger charge is -2.38. The summed E-state index contributed by atoms with van der Waals surface area (Å²) in [6.45, 7) is 2.01. The zero-order valence-corrected chi connectivity index (χ0v) is 14.7. The van der Waals surface area contributed by atoms with Crippen LogP contribution < -0.4 is 4.90 Å². The standard InChI is InChI=1S/C22H20FNO2/c1-14-5-2-6-15(11-14)18-13-21(26)24(17-8-3-7-16(23)12-17)19-9-4-10-20(25)22(18)19/h2-3,5-8,11-12,18H,4,9-10,13H2,1H3. The van der Waals surface area contributed by atoms with Crippen molar-refractivity contribution in [1.82, 2.24) is 0 Å². The van der Waals surface area contributed by atoms with Crippen molar-refractivity contribution >= 4 is 17.4 Å². The first kappa shape index (κ1) is 16.7. The molecule has 1 aliphatic carbocycles. The number of carbonyl (C=O) groups excluding carboxylic acids is 2. The number of amides is 1. The molecule has 0 spiro atoms. The van der Waals surface area contributed by atoms with E-state index in [0.29, 0.717) is 18.5 Å². The van der Waals surface area contributed by atoms with Crippen LogP contribution in [0.15, 0.2) is 59.8 Å². The van der Waals surface area contributed by atoms with E-state index in [1.165, 1.54) is 12.1 Å². The zero-order valence-electron chi connectivity index (χ0n) is 14.7. The van der Waals surface area contributed by atoms with Gasteiger partial charge in [0.25, 0.3) is 0 Å². The van der Waals surface area contributed by atoms with Gasteiger partial charge in [-0.3, -0.25) is 14.5 Å². The number of allylic oxidation sites excluding steroid dienone is 2. The molecule has 4 heteroatoms. The minimum absolute atomic E-state index is 0.0874. The number of carbonyl (C=O) groups is 2. The summed E-state index contributed by atoms with van der Waals surface area (Å²) < 4.78 is 13.7. The number of rotatable bonds is 2. The van der Waals surface area contributed by atoms with Crippen molar-refractivity contribution in [3.05, 3.63) is 76.7 Å². The van der Waals surface area contributed by atoms with Gasteiger partial charge in [-0.25, -0.2) is 4.39 Å². The molecule has 26 heavy (non-hydrogen) atoms. The minimum Gasteiger partial charge on any atom is -0.294 e. The summed E-state index contributed by atoms with van der Waals surface area (Å²) in [5, 5.41) is 0. The van der Waals surface area contributed by atoms with Crippen LogP contribution in [0.3, 0.4) is 0 Å². The lowest BCUT2D eigenvalue weighted by molar-refractivity contribution is -0.119. The predicted molar refractivity (Wildman–Crippen MR) is 98.3 cm³/mol. The third-order valence-corrected chi connectivity index (χ3v) is 5.19. The third-order valence-electron chi connectivity index (χ3n) is 5.19. The monoisotopic (exact) mass is 349 g/mol. The molecule has 0 aromatic heterocycles. The highest BCUT2D eigenvalue weighted by Gasteiger charge is 2.39. The molecule has 0 fully saturated rings. The normalized spacial score (nSPS) is 20.4. The highest BCUT2D eigenvalue weighted by molar-refractivity contribution is 6.07. The summed E-state index contributed by atoms with van der Waals surface area (Å²) in [6, 6.07) is 14.0. The number of Topliss-reactive ketones (excluding diaryl/α,β-unsaturated/α-hetero) is 1. The summed E-state index contributed by atoms with van der Waals surface area (Å²) in [4.78, 5) is 27.3. The molecule has 1 aliphatic heterocycles. The van der Waals surface area contributed by atoms with Crippen molar-refractivity contribution in [3.8, 4) is 0 Å². The van der Waals surface area contributed by atoms with Gasteiger partial charge in [-0.2, -0.15) is 0 Å². The van der Waals surface area contributed by atoms with Crippen molar-refractivity contribution < 1.29 is 14.0 Å². The van der Waals surface area contributed by atoms with E-state index in [1.54, 1.807) is 17.0 Å². The van der Waals surface area contributed by atoms with Gasteiger partial charge in [-0.1, -0.05) is 35.9 Å². The molecule has 1 heterocycles. The average Bonchev–Trinajstić information content (AvgIpc) is 2.61. The number of anilines is 1. The van der Waals surface area contributed by atoms with Crippen LogP contribution in [0.4, 0.5) is 10.1 Å². The smallest absolute Gasteiger partial charge is 0.232 e. The molecule has 0 saturated heterocycles. The summed E-state index contributed by atoms with van der Waals surface area (Å²) in [5.41, 5.74) is 4.08. The van der Waals surface area contributed by atoms with Gasteiger partial charge in [-0.15, -0.1) is 0 Å². The Kier molecular flexibility index (Phi) is 4.19. The first-order valence-corrected chi connectivity index (χ1v) is 8.96. The molecule has 4 rings (SSSR count). The quantitative estimate of drug-likeness (QED) is 0.791. The Balaban J connectivity index is 1.87. The van der Waals surface area contributed by atoms with Crippen LogP contribution in [0.2, 0.25) is 0 Å². The van der Waals surface area contributed by atoms with Gasteiger partial charge in [0.15, 0.2) is 5.78 Å². The van der Waals surface area contributed by atoms with Gasteiger partial charge in [0, 0.05) is 30.0 Å². The number of benzene rings is 2. The number of hydrogen-bond donors (Lipinski definition) is 0. The number of ketones is 1. The van der Waals surface area contributed by atoms with E-state index in [2.05, 4.69) is 0 Å². The average molecular weight is 349 g/mol. The highest BCUT2D eigenvalue weighted by atomic mass is 19.1. The second-order valence-electron chi connectivity index (χ2n) is 7.02. The predicted octanol–water partition coefficient (Wildman–Crippen LogP) is 4.66. The van der Waals surface area contributed by atoms with Crippen LogP contribution in [-0.4, -0.2) is 11.7 Å². The molecule has 0 N–H and O–H groups in total. The van der Waals surface area contributed by atoms with Gasteiger partial charge in [0.1, 0.15) is 5.82 Å². The molecule has 0 bridgehead atoms. The largest absolute Gasteiger partial charge is 0.294 e. The van der Waals surface area contributed by atoms with E-state index in [-0.39, 0.29) is 29.8 Å². The van der Waals surface area contributed by atoms with Crippen LogP contribution in [0.1, 0.15) is 42.7 Å². The second kappa shape index (κ2) is 6.52. The van der Waals surface area contributed by atoms with Crippen LogP contribution in [0.25, 0.3) is 0 Å². The van der Waals surface area contributed by atoms with Crippen molar-refractivity contribution in [2.45, 2.75) is 38.5 Å². The summed E-state index contributed by atoms with van der Waals surface area (Å²) in [6.07, 6.45) is 2.11. The van der Waals surface area contributed by atoms with Crippen LogP contribution in [0.5, 0.6) is 0 Å². The number of nitrogens with zero attached hydrogens (tertiary/aromatic N) is 1. The Morgan fingerprint density at radius 3 is 2.62 bits per heavy atom. The fourth-order valence-electron chi connectivity index (χ4n) is 4.08. The molecule has 1 amide bonds. The van der Waals surface area contributed by atoms with Crippen molar-refractivity contribution in [1.29, 1.82) is 0 Å². The van der Waals surface area contributed by atoms with E-state index >= 15 is 0 Å². The minimum atomic E-state index is -0.389. The van der Waals surface area contributed by atoms with Gasteiger partial charge >= 0.3 is 0 Å². The molecule has 132 valence electrons. The third kappa shape index (κ3) is 2.85. The maximum absolute atomic E-state index is 13.7. The lowest BCUT2D eigenvalue weighted by atomic mass is 9.77. The Labute approximate surface area is 152 Å². The van der Waals surface area contributed by atoms with Gasteiger partial charge in [0.2, 0.25) is 5.91 Å². The van der Waals surface area contributed by atoms with E-state index in [0.717, 1.165) is 28.8 Å². The molecule has 1 atom stereocenters. The Morgan fingerprint density at radius 1 is 1.04 bits per heavy atom. The van der Waals surface area contributed by atoms with Gasteiger partial charge < -0.3 is 0 Å². The summed E-state index contributed by atoms with van der Waals surface area (Å²) in [5.74, 6) is -0.586. The van der Waals surface area contributed by atoms with E-state index in [9.17, 15) is 14.0 Å². The molecule has 2 aromatic carbocycles. The lowest BCUT2D eigenvalue weighted by Crippen LogP contribution is -2.40. The van der Waals surface area contributed by atoms with E-state index in [1.807, 2.05) is 31.2 Å². The van der Waals surface area contributed by atoms with Crippen LogP contribution >= 0.6 is 0 Å². The fraction of sp³-hybridized carbons (Fsp3) is 0.273. The first-order valence-electron chi connectivity index (χ1n) is 8.96. The Bertz CT molecular complexity index is 931.